The minimum Gasteiger partial charge on any atom is -0.487 e. The molecule has 1 spiro atoms. The minimum absolute atomic E-state index is 0.0306. The van der Waals surface area contributed by atoms with Gasteiger partial charge in [0.1, 0.15) is 11.4 Å². The van der Waals surface area contributed by atoms with E-state index in [4.69, 9.17) is 4.74 Å². The number of hydrogen-bond donors (Lipinski definition) is 1. The molecule has 1 N–H and O–H groups in total. The van der Waals surface area contributed by atoms with E-state index < -0.39 is 0 Å². The molecule has 1 aliphatic carbocycles. The van der Waals surface area contributed by atoms with Crippen molar-refractivity contribution < 1.29 is 4.74 Å². The molecule has 1 saturated carbocycles. The van der Waals surface area contributed by atoms with E-state index in [-0.39, 0.29) is 5.60 Å². The van der Waals surface area contributed by atoms with Crippen molar-refractivity contribution in [3.8, 4) is 5.75 Å². The quantitative estimate of drug-likeness (QED) is 0.614. The highest BCUT2D eigenvalue weighted by molar-refractivity contribution is 5.85. The smallest absolute Gasteiger partial charge is 0.125 e. The number of nitrogens with one attached hydrogen (secondary N) is 1. The third kappa shape index (κ3) is 2.66. The van der Waals surface area contributed by atoms with Crippen LogP contribution in [0.15, 0.2) is 66.7 Å². The maximum Gasteiger partial charge on any atom is 0.125 e. The molecule has 25 heavy (non-hydrogen) atoms. The molecule has 0 bridgehead atoms. The lowest BCUT2D eigenvalue weighted by Gasteiger charge is -2.40. The first-order valence-corrected chi connectivity index (χ1v) is 9.35. The van der Waals surface area contributed by atoms with Gasteiger partial charge in [0.05, 0.1) is 6.04 Å². The van der Waals surface area contributed by atoms with Gasteiger partial charge in [-0.2, -0.15) is 0 Å². The first-order valence-electron chi connectivity index (χ1n) is 9.35. The first kappa shape index (κ1) is 14.8. The van der Waals surface area contributed by atoms with Crippen LogP contribution >= 0.6 is 0 Å². The zero-order valence-electron chi connectivity index (χ0n) is 14.4. The van der Waals surface area contributed by atoms with Crippen LogP contribution in [-0.4, -0.2) is 5.60 Å². The van der Waals surface area contributed by atoms with Crippen LogP contribution in [0.3, 0.4) is 0 Å². The monoisotopic (exact) mass is 329 g/mol. The van der Waals surface area contributed by atoms with Gasteiger partial charge >= 0.3 is 0 Å². The molecule has 1 heterocycles. The molecule has 1 unspecified atom stereocenters. The van der Waals surface area contributed by atoms with Crippen LogP contribution in [0.4, 0.5) is 5.69 Å². The molecule has 0 aromatic heterocycles. The Balaban J connectivity index is 1.50. The van der Waals surface area contributed by atoms with E-state index >= 15 is 0 Å². The predicted molar refractivity (Wildman–Crippen MR) is 103 cm³/mol. The summed E-state index contributed by atoms with van der Waals surface area (Å²) in [6, 6.07) is 24.0. The van der Waals surface area contributed by atoms with Crippen LogP contribution < -0.4 is 10.1 Å². The Morgan fingerprint density at radius 2 is 1.60 bits per heavy atom. The van der Waals surface area contributed by atoms with Gasteiger partial charge in [0.25, 0.3) is 0 Å². The highest BCUT2D eigenvalue weighted by Gasteiger charge is 2.42. The molecule has 0 amide bonds. The maximum atomic E-state index is 6.48. The van der Waals surface area contributed by atoms with Crippen LogP contribution in [-0.2, 0) is 0 Å². The molecule has 1 atom stereocenters. The van der Waals surface area contributed by atoms with Crippen molar-refractivity contribution in [3.63, 3.8) is 0 Å². The molecule has 0 radical (unpaired) electrons. The molecule has 5 rings (SSSR count). The predicted octanol–water partition coefficient (Wildman–Crippen LogP) is 6.09. The van der Waals surface area contributed by atoms with Gasteiger partial charge in [-0.15, -0.1) is 0 Å². The molecule has 1 aliphatic heterocycles. The summed E-state index contributed by atoms with van der Waals surface area (Å²) < 4.78 is 6.48. The van der Waals surface area contributed by atoms with Crippen molar-refractivity contribution in [1.82, 2.24) is 0 Å². The van der Waals surface area contributed by atoms with E-state index in [0.717, 1.165) is 12.2 Å². The summed E-state index contributed by atoms with van der Waals surface area (Å²) in [7, 11) is 0. The number of benzene rings is 3. The molecular weight excluding hydrogens is 306 g/mol. The average molecular weight is 329 g/mol. The molecule has 0 saturated heterocycles. The SMILES string of the molecule is c1ccc2c(c1)OC1(CCCC1)CC2Nc1ccc2ccccc2c1. The fourth-order valence-electron chi connectivity index (χ4n) is 4.55. The average Bonchev–Trinajstić information content (AvgIpc) is 3.09. The van der Waals surface area contributed by atoms with E-state index in [1.807, 2.05) is 0 Å². The molecule has 3 aromatic carbocycles. The molecular formula is C23H23NO. The maximum absolute atomic E-state index is 6.48. The van der Waals surface area contributed by atoms with Gasteiger partial charge in [0, 0.05) is 17.7 Å². The number of para-hydroxylation sites is 1. The van der Waals surface area contributed by atoms with Crippen molar-refractivity contribution in [3.05, 3.63) is 72.3 Å². The first-order chi connectivity index (χ1) is 12.3. The van der Waals surface area contributed by atoms with Crippen molar-refractivity contribution in [2.45, 2.75) is 43.7 Å². The third-order valence-electron chi connectivity index (χ3n) is 5.80. The van der Waals surface area contributed by atoms with Gasteiger partial charge in [-0.3, -0.25) is 0 Å². The van der Waals surface area contributed by atoms with E-state index in [9.17, 15) is 0 Å². The molecule has 126 valence electrons. The standard InChI is InChI=1S/C23H23NO/c1-2-8-18-15-19(12-11-17(18)7-1)24-21-16-23(13-5-6-14-23)25-22-10-4-3-9-20(21)22/h1-4,7-12,15,21,24H,5-6,13-14,16H2. The minimum atomic E-state index is 0.0306. The fourth-order valence-corrected chi connectivity index (χ4v) is 4.55. The number of anilines is 1. The Labute approximate surface area is 148 Å². The molecule has 1 fully saturated rings. The van der Waals surface area contributed by atoms with Crippen molar-refractivity contribution in [1.29, 1.82) is 0 Å². The second kappa shape index (κ2) is 5.80. The number of fused-ring (bicyclic) bond motifs is 2. The summed E-state index contributed by atoms with van der Waals surface area (Å²) >= 11 is 0. The van der Waals surface area contributed by atoms with Gasteiger partial charge in [0.2, 0.25) is 0 Å². The summed E-state index contributed by atoms with van der Waals surface area (Å²) in [5.74, 6) is 1.06. The van der Waals surface area contributed by atoms with Crippen molar-refractivity contribution in [2.75, 3.05) is 5.32 Å². The summed E-state index contributed by atoms with van der Waals surface area (Å²) in [5, 5.41) is 6.37. The highest BCUT2D eigenvalue weighted by atomic mass is 16.5. The van der Waals surface area contributed by atoms with E-state index in [0.29, 0.717) is 6.04 Å². The van der Waals surface area contributed by atoms with Gasteiger partial charge in [0.15, 0.2) is 0 Å². The second-order valence-corrected chi connectivity index (χ2v) is 7.49. The normalized spacial score (nSPS) is 21.0. The number of ether oxygens (including phenoxy) is 1. The van der Waals surface area contributed by atoms with Crippen LogP contribution in [0.2, 0.25) is 0 Å². The lowest BCUT2D eigenvalue weighted by Crippen LogP contribution is -2.40. The number of hydrogen-bond acceptors (Lipinski definition) is 2. The Bertz CT molecular complexity index is 911. The second-order valence-electron chi connectivity index (χ2n) is 7.49. The third-order valence-corrected chi connectivity index (χ3v) is 5.80. The van der Waals surface area contributed by atoms with Crippen LogP contribution in [0, 0.1) is 0 Å². The van der Waals surface area contributed by atoms with Gasteiger partial charge in [-0.25, -0.2) is 0 Å². The summed E-state index contributed by atoms with van der Waals surface area (Å²) in [6.07, 6.45) is 5.97. The number of rotatable bonds is 2. The zero-order chi connectivity index (χ0) is 16.7. The topological polar surface area (TPSA) is 21.3 Å². The molecule has 2 nitrogen and oxygen atoms in total. The Kier molecular flexibility index (Phi) is 3.44. The molecule has 2 aliphatic rings. The summed E-state index contributed by atoms with van der Waals surface area (Å²) in [4.78, 5) is 0. The van der Waals surface area contributed by atoms with Crippen molar-refractivity contribution in [2.24, 2.45) is 0 Å². The van der Waals surface area contributed by atoms with Gasteiger partial charge in [-0.05, 0) is 54.7 Å². The van der Waals surface area contributed by atoms with Gasteiger partial charge < -0.3 is 10.1 Å². The molecule has 3 aromatic rings. The Morgan fingerprint density at radius 1 is 0.840 bits per heavy atom. The van der Waals surface area contributed by atoms with E-state index in [1.165, 1.54) is 47.7 Å². The summed E-state index contributed by atoms with van der Waals surface area (Å²) in [6.45, 7) is 0. The summed E-state index contributed by atoms with van der Waals surface area (Å²) in [5.41, 5.74) is 2.50. The van der Waals surface area contributed by atoms with Crippen LogP contribution in [0.5, 0.6) is 5.75 Å². The fraction of sp³-hybridized carbons (Fsp3) is 0.304. The zero-order valence-corrected chi connectivity index (χ0v) is 14.4. The van der Waals surface area contributed by atoms with Crippen LogP contribution in [0.1, 0.15) is 43.7 Å². The molecule has 2 heteroatoms. The van der Waals surface area contributed by atoms with E-state index in [1.54, 1.807) is 0 Å². The Morgan fingerprint density at radius 3 is 2.48 bits per heavy atom. The largest absolute Gasteiger partial charge is 0.487 e. The van der Waals surface area contributed by atoms with Crippen molar-refractivity contribution >= 4 is 16.5 Å². The lowest BCUT2D eigenvalue weighted by atomic mass is 9.85. The van der Waals surface area contributed by atoms with Gasteiger partial charge in [-0.1, -0.05) is 48.5 Å². The highest BCUT2D eigenvalue weighted by Crippen LogP contribution is 2.48. The Hall–Kier alpha value is -2.48. The van der Waals surface area contributed by atoms with E-state index in [2.05, 4.69) is 72.0 Å². The lowest BCUT2D eigenvalue weighted by molar-refractivity contribution is 0.0453. The van der Waals surface area contributed by atoms with Crippen LogP contribution in [0.25, 0.3) is 10.8 Å².